The van der Waals surface area contributed by atoms with E-state index in [1.807, 2.05) is 0 Å². The highest BCUT2D eigenvalue weighted by molar-refractivity contribution is 6.43. The van der Waals surface area contributed by atoms with Gasteiger partial charge in [-0.1, -0.05) is 0 Å². The van der Waals surface area contributed by atoms with E-state index >= 15 is 0 Å². The van der Waals surface area contributed by atoms with Crippen LogP contribution in [0.25, 0.3) is 0 Å². The van der Waals surface area contributed by atoms with Gasteiger partial charge in [0.05, 0.1) is 7.11 Å². The van der Waals surface area contributed by atoms with Crippen molar-refractivity contribution in [3.63, 3.8) is 0 Å². The van der Waals surface area contributed by atoms with Gasteiger partial charge in [0.25, 0.3) is 0 Å². The molecule has 1 unspecified atom stereocenters. The van der Waals surface area contributed by atoms with E-state index in [-0.39, 0.29) is 6.42 Å². The second-order valence-corrected chi connectivity index (χ2v) is 3.43. The summed E-state index contributed by atoms with van der Waals surface area (Å²) in [7, 11) is 1.22. The summed E-state index contributed by atoms with van der Waals surface area (Å²) in [4.78, 5) is 33.7. The van der Waals surface area contributed by atoms with Gasteiger partial charge in [-0.15, -0.1) is 0 Å². The van der Waals surface area contributed by atoms with Crippen LogP contribution in [-0.4, -0.2) is 24.6 Å². The standard InChI is InChI=1S/C9H12O4/c1-9(8(12)13-2)5-3-4-6(10)7(9)11/h3-5H2,1-2H3. The van der Waals surface area contributed by atoms with Crippen molar-refractivity contribution < 1.29 is 19.1 Å². The number of methoxy groups -OCH3 is 1. The second-order valence-electron chi connectivity index (χ2n) is 3.43. The van der Waals surface area contributed by atoms with Crippen LogP contribution in [0.15, 0.2) is 0 Å². The van der Waals surface area contributed by atoms with E-state index in [0.717, 1.165) is 0 Å². The molecule has 1 aliphatic carbocycles. The SMILES string of the molecule is COC(=O)C1(C)CCCC(=O)C1=O. The molecule has 72 valence electrons. The van der Waals surface area contributed by atoms with Crippen LogP contribution in [0.3, 0.4) is 0 Å². The number of ether oxygens (including phenoxy) is 1. The van der Waals surface area contributed by atoms with Gasteiger partial charge in [-0.25, -0.2) is 0 Å². The van der Waals surface area contributed by atoms with Crippen LogP contribution in [0.4, 0.5) is 0 Å². The predicted molar refractivity (Wildman–Crippen MR) is 44.0 cm³/mol. The minimum absolute atomic E-state index is 0.255. The van der Waals surface area contributed by atoms with E-state index in [1.54, 1.807) is 0 Å². The van der Waals surface area contributed by atoms with E-state index in [2.05, 4.69) is 4.74 Å². The molecule has 1 rings (SSSR count). The van der Waals surface area contributed by atoms with Crippen LogP contribution >= 0.6 is 0 Å². The molecule has 0 bridgehead atoms. The van der Waals surface area contributed by atoms with Crippen molar-refractivity contribution in [2.24, 2.45) is 5.41 Å². The first-order valence-electron chi connectivity index (χ1n) is 4.18. The first kappa shape index (κ1) is 9.89. The molecule has 0 aromatic heterocycles. The van der Waals surface area contributed by atoms with Crippen molar-refractivity contribution in [1.82, 2.24) is 0 Å². The maximum Gasteiger partial charge on any atom is 0.319 e. The fourth-order valence-electron chi connectivity index (χ4n) is 1.56. The van der Waals surface area contributed by atoms with E-state index < -0.39 is 23.0 Å². The highest BCUT2D eigenvalue weighted by Gasteiger charge is 2.47. The Balaban J connectivity index is 2.94. The molecule has 1 aliphatic rings. The third-order valence-electron chi connectivity index (χ3n) is 2.47. The summed E-state index contributed by atoms with van der Waals surface area (Å²) in [5, 5.41) is 0. The Morgan fingerprint density at radius 3 is 2.62 bits per heavy atom. The van der Waals surface area contributed by atoms with Crippen LogP contribution in [0.5, 0.6) is 0 Å². The van der Waals surface area contributed by atoms with Gasteiger partial charge in [-0.05, 0) is 19.8 Å². The lowest BCUT2D eigenvalue weighted by Gasteiger charge is -2.27. The first-order valence-corrected chi connectivity index (χ1v) is 4.18. The van der Waals surface area contributed by atoms with Crippen molar-refractivity contribution in [2.45, 2.75) is 26.2 Å². The summed E-state index contributed by atoms with van der Waals surface area (Å²) in [6, 6.07) is 0. The Kier molecular flexibility index (Phi) is 2.50. The molecule has 0 aliphatic heterocycles. The second kappa shape index (κ2) is 3.28. The molecule has 0 saturated heterocycles. The lowest BCUT2D eigenvalue weighted by molar-refractivity contribution is -0.162. The van der Waals surface area contributed by atoms with Crippen molar-refractivity contribution in [3.8, 4) is 0 Å². The Morgan fingerprint density at radius 1 is 1.46 bits per heavy atom. The molecule has 13 heavy (non-hydrogen) atoms. The third-order valence-corrected chi connectivity index (χ3v) is 2.47. The number of carbonyl (C=O) groups is 3. The summed E-state index contributed by atoms with van der Waals surface area (Å²) in [5.74, 6) is -1.67. The molecule has 1 atom stereocenters. The molecular formula is C9H12O4. The molecule has 4 nitrogen and oxygen atoms in total. The number of ketones is 2. The zero-order chi connectivity index (χ0) is 10.1. The molecule has 0 aromatic rings. The van der Waals surface area contributed by atoms with Crippen LogP contribution < -0.4 is 0 Å². The van der Waals surface area contributed by atoms with E-state index in [4.69, 9.17) is 0 Å². The fourth-order valence-corrected chi connectivity index (χ4v) is 1.56. The topological polar surface area (TPSA) is 60.4 Å². The van der Waals surface area contributed by atoms with Crippen LogP contribution in [0.1, 0.15) is 26.2 Å². The predicted octanol–water partition coefficient (Wildman–Crippen LogP) is 0.488. The zero-order valence-corrected chi connectivity index (χ0v) is 7.75. The van der Waals surface area contributed by atoms with Gasteiger partial charge in [0, 0.05) is 6.42 Å². The quantitative estimate of drug-likeness (QED) is 0.338. The van der Waals surface area contributed by atoms with Gasteiger partial charge in [0.1, 0.15) is 5.41 Å². The van der Waals surface area contributed by atoms with Gasteiger partial charge >= 0.3 is 5.97 Å². The average molecular weight is 184 g/mol. The molecular weight excluding hydrogens is 172 g/mol. The van der Waals surface area contributed by atoms with Gasteiger partial charge in [-0.2, -0.15) is 0 Å². The summed E-state index contributed by atoms with van der Waals surface area (Å²) < 4.78 is 4.50. The Bertz CT molecular complexity index is 269. The summed E-state index contributed by atoms with van der Waals surface area (Å²) in [5.41, 5.74) is -1.23. The zero-order valence-electron chi connectivity index (χ0n) is 7.75. The molecule has 0 N–H and O–H groups in total. The highest BCUT2D eigenvalue weighted by Crippen LogP contribution is 2.32. The average Bonchev–Trinajstić information content (AvgIpc) is 2.13. The fraction of sp³-hybridized carbons (Fsp3) is 0.667. The van der Waals surface area contributed by atoms with Gasteiger partial charge in [0.2, 0.25) is 5.78 Å². The van der Waals surface area contributed by atoms with Crippen LogP contribution in [0.2, 0.25) is 0 Å². The molecule has 0 radical (unpaired) electrons. The number of rotatable bonds is 1. The highest BCUT2D eigenvalue weighted by atomic mass is 16.5. The lowest BCUT2D eigenvalue weighted by Crippen LogP contribution is -2.44. The summed E-state index contributed by atoms with van der Waals surface area (Å²) in [6.07, 6.45) is 1.24. The monoisotopic (exact) mass is 184 g/mol. The molecule has 0 amide bonds. The molecule has 4 heteroatoms. The van der Waals surface area contributed by atoms with E-state index in [9.17, 15) is 14.4 Å². The van der Waals surface area contributed by atoms with Gasteiger partial charge < -0.3 is 4.74 Å². The van der Waals surface area contributed by atoms with Gasteiger partial charge in [0.15, 0.2) is 5.78 Å². The lowest BCUT2D eigenvalue weighted by atomic mass is 9.74. The van der Waals surface area contributed by atoms with Crippen molar-refractivity contribution in [2.75, 3.05) is 7.11 Å². The number of esters is 1. The molecule has 1 saturated carbocycles. The van der Waals surface area contributed by atoms with E-state index in [1.165, 1.54) is 14.0 Å². The van der Waals surface area contributed by atoms with E-state index in [0.29, 0.717) is 12.8 Å². The first-order chi connectivity index (χ1) is 6.02. The maximum atomic E-state index is 11.4. The number of hydrogen-bond acceptors (Lipinski definition) is 4. The maximum absolute atomic E-state index is 11.4. The smallest absolute Gasteiger partial charge is 0.319 e. The normalized spacial score (nSPS) is 28.8. The van der Waals surface area contributed by atoms with Crippen LogP contribution in [-0.2, 0) is 19.1 Å². The molecule has 0 aromatic carbocycles. The summed E-state index contributed by atoms with van der Waals surface area (Å²) >= 11 is 0. The number of hydrogen-bond donors (Lipinski definition) is 0. The molecule has 1 fully saturated rings. The number of carbonyl (C=O) groups excluding carboxylic acids is 3. The van der Waals surface area contributed by atoms with Crippen LogP contribution in [0, 0.1) is 5.41 Å². The van der Waals surface area contributed by atoms with Crippen molar-refractivity contribution >= 4 is 17.5 Å². The van der Waals surface area contributed by atoms with Crippen molar-refractivity contribution in [1.29, 1.82) is 0 Å². The largest absolute Gasteiger partial charge is 0.468 e. The van der Waals surface area contributed by atoms with Crippen molar-refractivity contribution in [3.05, 3.63) is 0 Å². The third kappa shape index (κ3) is 1.48. The Morgan fingerprint density at radius 2 is 2.08 bits per heavy atom. The minimum Gasteiger partial charge on any atom is -0.468 e. The minimum atomic E-state index is -1.23. The number of Topliss-reactive ketones (excluding diaryl/α,β-unsaturated/α-hetero) is 2. The van der Waals surface area contributed by atoms with Gasteiger partial charge in [-0.3, -0.25) is 14.4 Å². The summed E-state index contributed by atoms with van der Waals surface area (Å²) in [6.45, 7) is 1.47. The molecule has 0 heterocycles. The molecule has 0 spiro atoms. The Labute approximate surface area is 76.3 Å². The Hall–Kier alpha value is -1.19.